The Kier molecular flexibility index (Phi) is 3.82. The fourth-order valence-corrected chi connectivity index (χ4v) is 3.08. The predicted octanol–water partition coefficient (Wildman–Crippen LogP) is 0.618. The molecule has 102 valence electrons. The van der Waals surface area contributed by atoms with Gasteiger partial charge in [0.25, 0.3) is 0 Å². The first-order chi connectivity index (χ1) is 8.83. The van der Waals surface area contributed by atoms with E-state index in [9.17, 15) is 4.79 Å². The Hall–Kier alpha value is -0.650. The molecule has 3 rings (SSSR count). The number of hydrogen-bond donors (Lipinski definition) is 1. The summed E-state index contributed by atoms with van der Waals surface area (Å²) in [6, 6.07) is 0.213. The third kappa shape index (κ3) is 2.68. The molecule has 1 saturated carbocycles. The highest BCUT2D eigenvalue weighted by Gasteiger charge is 2.35. The van der Waals surface area contributed by atoms with Gasteiger partial charge in [0.05, 0.1) is 25.4 Å². The van der Waals surface area contributed by atoms with Crippen molar-refractivity contribution in [3.05, 3.63) is 0 Å². The Labute approximate surface area is 107 Å². The van der Waals surface area contributed by atoms with Crippen LogP contribution < -0.4 is 5.32 Å². The Balaban J connectivity index is 1.49. The molecule has 2 heterocycles. The topological polar surface area (TPSA) is 56.8 Å². The minimum Gasteiger partial charge on any atom is -0.373 e. The first-order valence-electron chi connectivity index (χ1n) is 6.98. The van der Waals surface area contributed by atoms with Gasteiger partial charge in [-0.15, -0.1) is 0 Å². The average molecular weight is 255 g/mol. The van der Waals surface area contributed by atoms with Crippen molar-refractivity contribution in [3.8, 4) is 0 Å². The maximum atomic E-state index is 12.0. The van der Waals surface area contributed by atoms with E-state index in [-0.39, 0.29) is 30.3 Å². The summed E-state index contributed by atoms with van der Waals surface area (Å²) >= 11 is 0. The van der Waals surface area contributed by atoms with Crippen LogP contribution in [0.5, 0.6) is 0 Å². The molecule has 1 N–H and O–H groups in total. The molecule has 0 bridgehead atoms. The second-order valence-electron chi connectivity index (χ2n) is 5.34. The van der Waals surface area contributed by atoms with Crippen LogP contribution in [-0.2, 0) is 19.0 Å². The summed E-state index contributed by atoms with van der Waals surface area (Å²) in [6.45, 7) is 2.09. The lowest BCUT2D eigenvalue weighted by Crippen LogP contribution is -2.50. The number of amides is 1. The molecule has 0 radical (unpaired) electrons. The summed E-state index contributed by atoms with van der Waals surface area (Å²) in [5.74, 6) is 0.0488. The quantitative estimate of drug-likeness (QED) is 0.786. The first-order valence-corrected chi connectivity index (χ1v) is 6.98. The number of nitrogens with one attached hydrogen (secondary N) is 1. The van der Waals surface area contributed by atoms with Crippen LogP contribution in [0.4, 0.5) is 0 Å². The number of hydrogen-bond acceptors (Lipinski definition) is 4. The molecule has 2 saturated heterocycles. The average Bonchev–Trinajstić information content (AvgIpc) is 2.92. The van der Waals surface area contributed by atoms with E-state index < -0.39 is 0 Å². The smallest absolute Gasteiger partial charge is 0.249 e. The van der Waals surface area contributed by atoms with Crippen molar-refractivity contribution in [2.45, 2.75) is 56.5 Å². The molecule has 4 atom stereocenters. The Morgan fingerprint density at radius 3 is 2.56 bits per heavy atom. The van der Waals surface area contributed by atoms with E-state index in [1.54, 1.807) is 0 Å². The van der Waals surface area contributed by atoms with E-state index in [0.29, 0.717) is 19.8 Å². The van der Waals surface area contributed by atoms with Gasteiger partial charge in [0.2, 0.25) is 5.91 Å². The molecule has 0 aromatic heterocycles. The molecular formula is C13H21NO4. The lowest BCUT2D eigenvalue weighted by Gasteiger charge is -2.39. The number of fused-ring (bicyclic) bond motifs is 1. The second-order valence-corrected chi connectivity index (χ2v) is 5.34. The Morgan fingerprint density at radius 1 is 0.944 bits per heavy atom. The summed E-state index contributed by atoms with van der Waals surface area (Å²) in [4.78, 5) is 12.0. The van der Waals surface area contributed by atoms with E-state index in [2.05, 4.69) is 5.32 Å². The minimum atomic E-state index is -0.230. The van der Waals surface area contributed by atoms with E-state index in [4.69, 9.17) is 14.2 Å². The van der Waals surface area contributed by atoms with Crippen LogP contribution in [0.1, 0.15) is 32.1 Å². The first kappa shape index (κ1) is 12.4. The lowest BCUT2D eigenvalue weighted by atomic mass is 9.89. The van der Waals surface area contributed by atoms with Crippen molar-refractivity contribution in [1.82, 2.24) is 5.32 Å². The lowest BCUT2D eigenvalue weighted by molar-refractivity contribution is -0.159. The monoisotopic (exact) mass is 255 g/mol. The maximum absolute atomic E-state index is 12.0. The van der Waals surface area contributed by atoms with Gasteiger partial charge in [-0.3, -0.25) is 4.79 Å². The van der Waals surface area contributed by atoms with Gasteiger partial charge in [-0.05, 0) is 32.1 Å². The molecule has 18 heavy (non-hydrogen) atoms. The van der Waals surface area contributed by atoms with Crippen LogP contribution in [0, 0.1) is 0 Å². The second kappa shape index (κ2) is 5.55. The fraction of sp³-hybridized carbons (Fsp3) is 0.923. The van der Waals surface area contributed by atoms with Gasteiger partial charge in [-0.1, -0.05) is 0 Å². The number of carbonyl (C=O) groups is 1. The van der Waals surface area contributed by atoms with Crippen LogP contribution in [-0.4, -0.2) is 50.1 Å². The number of ether oxygens (including phenoxy) is 3. The van der Waals surface area contributed by atoms with Crippen molar-refractivity contribution < 1.29 is 19.0 Å². The van der Waals surface area contributed by atoms with E-state index in [1.165, 1.54) is 0 Å². The van der Waals surface area contributed by atoms with Gasteiger partial charge in [0.15, 0.2) is 0 Å². The van der Waals surface area contributed by atoms with Crippen LogP contribution in [0.3, 0.4) is 0 Å². The van der Waals surface area contributed by atoms with Crippen LogP contribution in [0.15, 0.2) is 0 Å². The van der Waals surface area contributed by atoms with Gasteiger partial charge in [-0.2, -0.15) is 0 Å². The summed E-state index contributed by atoms with van der Waals surface area (Å²) < 4.78 is 16.8. The van der Waals surface area contributed by atoms with E-state index >= 15 is 0 Å². The zero-order valence-electron chi connectivity index (χ0n) is 10.6. The molecule has 5 heteroatoms. The molecule has 1 amide bonds. The van der Waals surface area contributed by atoms with Crippen LogP contribution in [0.2, 0.25) is 0 Å². The molecule has 0 aromatic rings. The molecule has 1 aliphatic carbocycles. The summed E-state index contributed by atoms with van der Waals surface area (Å²) in [7, 11) is 0. The summed E-state index contributed by atoms with van der Waals surface area (Å²) in [5.41, 5.74) is 0. The summed E-state index contributed by atoms with van der Waals surface area (Å²) in [5, 5.41) is 3.09. The van der Waals surface area contributed by atoms with Gasteiger partial charge in [-0.25, -0.2) is 0 Å². The molecule has 4 unspecified atom stereocenters. The normalized spacial score (nSPS) is 40.2. The standard InChI is InChI=1S/C13H21NO4/c15-13(11-2-1-5-16-11)14-9-3-4-10-12(8-9)18-7-6-17-10/h9-12H,1-8H2,(H,14,15). The molecule has 3 aliphatic rings. The third-order valence-corrected chi connectivity index (χ3v) is 4.05. The van der Waals surface area contributed by atoms with E-state index in [0.717, 1.165) is 32.1 Å². The third-order valence-electron chi connectivity index (χ3n) is 4.05. The van der Waals surface area contributed by atoms with Crippen molar-refractivity contribution >= 4 is 5.91 Å². The van der Waals surface area contributed by atoms with Crippen molar-refractivity contribution in [2.24, 2.45) is 0 Å². The molecule has 3 fully saturated rings. The number of rotatable bonds is 2. The zero-order valence-corrected chi connectivity index (χ0v) is 10.6. The van der Waals surface area contributed by atoms with Gasteiger partial charge in [0, 0.05) is 12.6 Å². The van der Waals surface area contributed by atoms with Crippen molar-refractivity contribution in [3.63, 3.8) is 0 Å². The molecule has 5 nitrogen and oxygen atoms in total. The fourth-order valence-electron chi connectivity index (χ4n) is 3.08. The highest BCUT2D eigenvalue weighted by molar-refractivity contribution is 5.81. The Morgan fingerprint density at radius 2 is 1.78 bits per heavy atom. The van der Waals surface area contributed by atoms with Gasteiger partial charge >= 0.3 is 0 Å². The van der Waals surface area contributed by atoms with Crippen LogP contribution >= 0.6 is 0 Å². The van der Waals surface area contributed by atoms with Crippen molar-refractivity contribution in [2.75, 3.05) is 19.8 Å². The highest BCUT2D eigenvalue weighted by Crippen LogP contribution is 2.27. The zero-order chi connectivity index (χ0) is 12.4. The maximum Gasteiger partial charge on any atom is 0.249 e. The van der Waals surface area contributed by atoms with E-state index in [1.807, 2.05) is 0 Å². The van der Waals surface area contributed by atoms with Crippen molar-refractivity contribution in [1.29, 1.82) is 0 Å². The minimum absolute atomic E-state index is 0.0488. The Bertz CT molecular complexity index is 303. The molecule has 0 aromatic carbocycles. The summed E-state index contributed by atoms with van der Waals surface area (Å²) in [6.07, 6.45) is 4.81. The van der Waals surface area contributed by atoms with Gasteiger partial charge < -0.3 is 19.5 Å². The SMILES string of the molecule is O=C(NC1CCC2OCCOC2C1)C1CCCO1. The van der Waals surface area contributed by atoms with Crippen LogP contribution in [0.25, 0.3) is 0 Å². The predicted molar refractivity (Wildman–Crippen MR) is 64.2 cm³/mol. The molecule has 0 spiro atoms. The highest BCUT2D eigenvalue weighted by atomic mass is 16.6. The van der Waals surface area contributed by atoms with Gasteiger partial charge in [0.1, 0.15) is 6.10 Å². The number of carbonyl (C=O) groups excluding carboxylic acids is 1. The molecule has 2 aliphatic heterocycles. The largest absolute Gasteiger partial charge is 0.373 e. The molecular weight excluding hydrogens is 234 g/mol.